The number of carbonyl (C=O) groups is 1. The topological polar surface area (TPSA) is 101 Å². The molecule has 0 atom stereocenters. The number of hydrogen-bond donors (Lipinski definition) is 3. The van der Waals surface area contributed by atoms with Crippen LogP contribution in [0.3, 0.4) is 0 Å². The predicted octanol–water partition coefficient (Wildman–Crippen LogP) is 1.08. The van der Waals surface area contributed by atoms with Crippen LogP contribution in [-0.2, 0) is 14.8 Å². The van der Waals surface area contributed by atoms with Crippen LogP contribution in [0.5, 0.6) is 0 Å². The summed E-state index contributed by atoms with van der Waals surface area (Å²) in [6.07, 6.45) is 2.71. The molecule has 1 saturated carbocycles. The molecule has 1 fully saturated rings. The Morgan fingerprint density at radius 3 is 2.67 bits per heavy atom. The van der Waals surface area contributed by atoms with Gasteiger partial charge in [0.1, 0.15) is 0 Å². The molecule has 0 spiro atoms. The second kappa shape index (κ2) is 7.74. The van der Waals surface area contributed by atoms with Gasteiger partial charge in [-0.3, -0.25) is 4.79 Å². The number of amides is 1. The molecule has 118 valence electrons. The van der Waals surface area contributed by atoms with Crippen molar-refractivity contribution in [2.75, 3.05) is 18.4 Å². The highest BCUT2D eigenvalue weighted by Crippen LogP contribution is 2.32. The summed E-state index contributed by atoms with van der Waals surface area (Å²) in [5, 5.41) is 2.73. The molecule has 0 aromatic heterocycles. The fourth-order valence-corrected chi connectivity index (χ4v) is 2.91. The third-order valence-electron chi connectivity index (χ3n) is 3.04. The molecule has 2 rings (SSSR count). The van der Waals surface area contributed by atoms with Crippen molar-refractivity contribution >= 4 is 34.0 Å². The van der Waals surface area contributed by atoms with E-state index >= 15 is 0 Å². The molecule has 0 aliphatic heterocycles. The molecule has 1 aliphatic carbocycles. The van der Waals surface area contributed by atoms with Crippen molar-refractivity contribution in [2.45, 2.75) is 24.2 Å². The Labute approximate surface area is 130 Å². The van der Waals surface area contributed by atoms with Crippen LogP contribution in [0.15, 0.2) is 29.2 Å². The molecule has 1 aliphatic rings. The zero-order valence-corrected chi connectivity index (χ0v) is 13.2. The molecular formula is C13H20ClN3O3S. The molecule has 0 radical (unpaired) electrons. The van der Waals surface area contributed by atoms with E-state index < -0.39 is 10.0 Å². The van der Waals surface area contributed by atoms with Gasteiger partial charge >= 0.3 is 0 Å². The number of hydrogen-bond acceptors (Lipinski definition) is 4. The first-order valence-electron chi connectivity index (χ1n) is 6.61. The van der Waals surface area contributed by atoms with Crippen molar-refractivity contribution in [3.63, 3.8) is 0 Å². The first kappa shape index (κ1) is 17.9. The van der Waals surface area contributed by atoms with Crippen molar-refractivity contribution < 1.29 is 13.2 Å². The van der Waals surface area contributed by atoms with E-state index in [2.05, 4.69) is 10.0 Å². The maximum Gasteiger partial charge on any atom is 0.240 e. The molecule has 0 bridgehead atoms. The van der Waals surface area contributed by atoms with E-state index in [1.165, 1.54) is 12.1 Å². The summed E-state index contributed by atoms with van der Waals surface area (Å²) >= 11 is 0. The Morgan fingerprint density at radius 1 is 1.33 bits per heavy atom. The smallest absolute Gasteiger partial charge is 0.240 e. The van der Waals surface area contributed by atoms with Gasteiger partial charge in [-0.25, -0.2) is 13.1 Å². The Kier molecular flexibility index (Phi) is 6.60. The van der Waals surface area contributed by atoms with Crippen LogP contribution in [0.1, 0.15) is 19.3 Å². The van der Waals surface area contributed by atoms with Gasteiger partial charge in [0, 0.05) is 25.2 Å². The van der Waals surface area contributed by atoms with Gasteiger partial charge in [0.05, 0.1) is 4.90 Å². The second-order valence-electron chi connectivity index (χ2n) is 4.91. The molecule has 1 amide bonds. The normalized spacial score (nSPS) is 14.3. The highest BCUT2D eigenvalue weighted by molar-refractivity contribution is 7.89. The van der Waals surface area contributed by atoms with Gasteiger partial charge in [-0.2, -0.15) is 0 Å². The minimum atomic E-state index is -3.57. The molecule has 6 nitrogen and oxygen atoms in total. The zero-order chi connectivity index (χ0) is 14.6. The molecule has 21 heavy (non-hydrogen) atoms. The number of halogens is 1. The van der Waals surface area contributed by atoms with Crippen LogP contribution < -0.4 is 15.8 Å². The summed E-state index contributed by atoms with van der Waals surface area (Å²) in [6.45, 7) is 0.414. The van der Waals surface area contributed by atoms with Crippen molar-refractivity contribution in [1.29, 1.82) is 0 Å². The number of rotatable bonds is 7. The van der Waals surface area contributed by atoms with Crippen molar-refractivity contribution in [3.8, 4) is 0 Å². The number of benzene rings is 1. The van der Waals surface area contributed by atoms with Crippen LogP contribution in [0.25, 0.3) is 0 Å². The van der Waals surface area contributed by atoms with Crippen LogP contribution in [0, 0.1) is 5.92 Å². The van der Waals surface area contributed by atoms with Crippen LogP contribution in [0.4, 0.5) is 5.69 Å². The van der Waals surface area contributed by atoms with Gasteiger partial charge < -0.3 is 11.1 Å². The van der Waals surface area contributed by atoms with Crippen molar-refractivity contribution in [2.24, 2.45) is 11.7 Å². The number of nitrogens with one attached hydrogen (secondary N) is 2. The summed E-state index contributed by atoms with van der Waals surface area (Å²) in [5.41, 5.74) is 5.77. The lowest BCUT2D eigenvalue weighted by Gasteiger charge is -2.08. The van der Waals surface area contributed by atoms with Crippen LogP contribution in [-0.4, -0.2) is 27.4 Å². The largest absolute Gasteiger partial charge is 0.329 e. The van der Waals surface area contributed by atoms with E-state index in [0.29, 0.717) is 18.0 Å². The van der Waals surface area contributed by atoms with Gasteiger partial charge in [-0.1, -0.05) is 6.07 Å². The summed E-state index contributed by atoms with van der Waals surface area (Å²) < 4.78 is 26.3. The molecule has 8 heteroatoms. The maximum absolute atomic E-state index is 11.9. The maximum atomic E-state index is 11.9. The minimum absolute atomic E-state index is 0. The van der Waals surface area contributed by atoms with E-state index in [-0.39, 0.29) is 36.3 Å². The highest BCUT2D eigenvalue weighted by atomic mass is 35.5. The van der Waals surface area contributed by atoms with E-state index in [0.717, 1.165) is 12.8 Å². The Hall–Kier alpha value is -1.15. The Balaban J connectivity index is 0.00000220. The number of sulfonamides is 1. The third-order valence-corrected chi connectivity index (χ3v) is 4.49. The molecule has 1 aromatic rings. The quantitative estimate of drug-likeness (QED) is 0.695. The van der Waals surface area contributed by atoms with Crippen LogP contribution in [0.2, 0.25) is 0 Å². The van der Waals surface area contributed by atoms with Gasteiger partial charge in [0.25, 0.3) is 0 Å². The fraction of sp³-hybridized carbons (Fsp3) is 0.462. The Morgan fingerprint density at radius 2 is 2.05 bits per heavy atom. The highest BCUT2D eigenvalue weighted by Gasteiger charge is 2.24. The first-order valence-corrected chi connectivity index (χ1v) is 8.09. The molecule has 0 heterocycles. The average molecular weight is 334 g/mol. The Bertz CT molecular complexity index is 588. The molecular weight excluding hydrogens is 314 g/mol. The second-order valence-corrected chi connectivity index (χ2v) is 6.68. The standard InChI is InChI=1S/C13H19N3O3S.ClH/c14-6-7-15-20(18,19)12-3-1-2-11(9-12)16-13(17)8-10-4-5-10;/h1-3,9-10,15H,4-8,14H2,(H,16,17);1H. The number of nitrogens with two attached hydrogens (primary N) is 1. The summed E-state index contributed by atoms with van der Waals surface area (Å²) in [7, 11) is -3.57. The van der Waals surface area contributed by atoms with Gasteiger partial charge in [0.2, 0.25) is 15.9 Å². The van der Waals surface area contributed by atoms with Crippen LogP contribution >= 0.6 is 12.4 Å². The fourth-order valence-electron chi connectivity index (χ4n) is 1.81. The van der Waals surface area contributed by atoms with Gasteiger partial charge in [0.15, 0.2) is 0 Å². The first-order chi connectivity index (χ1) is 9.51. The average Bonchev–Trinajstić information content (AvgIpc) is 3.20. The predicted molar refractivity (Wildman–Crippen MR) is 83.9 cm³/mol. The summed E-state index contributed by atoms with van der Waals surface area (Å²) in [5.74, 6) is 0.421. The molecule has 0 unspecified atom stereocenters. The van der Waals surface area contributed by atoms with Crippen molar-refractivity contribution in [1.82, 2.24) is 4.72 Å². The van der Waals surface area contributed by atoms with E-state index in [9.17, 15) is 13.2 Å². The monoisotopic (exact) mass is 333 g/mol. The summed E-state index contributed by atoms with van der Waals surface area (Å²) in [4.78, 5) is 11.8. The summed E-state index contributed by atoms with van der Waals surface area (Å²) in [6, 6.07) is 6.20. The third kappa shape index (κ3) is 5.62. The molecule has 0 saturated heterocycles. The molecule has 1 aromatic carbocycles. The van der Waals surface area contributed by atoms with Gasteiger partial charge in [-0.15, -0.1) is 12.4 Å². The number of anilines is 1. The SMILES string of the molecule is Cl.NCCNS(=O)(=O)c1cccc(NC(=O)CC2CC2)c1. The molecule has 4 N–H and O–H groups in total. The van der Waals surface area contributed by atoms with E-state index in [1.807, 2.05) is 0 Å². The lowest BCUT2D eigenvalue weighted by atomic mass is 10.2. The van der Waals surface area contributed by atoms with E-state index in [1.54, 1.807) is 12.1 Å². The number of carbonyl (C=O) groups excluding carboxylic acids is 1. The zero-order valence-electron chi connectivity index (χ0n) is 11.5. The minimum Gasteiger partial charge on any atom is -0.329 e. The lowest BCUT2D eigenvalue weighted by Crippen LogP contribution is -2.29. The van der Waals surface area contributed by atoms with Gasteiger partial charge in [-0.05, 0) is 37.0 Å². The van der Waals surface area contributed by atoms with E-state index in [4.69, 9.17) is 5.73 Å². The lowest BCUT2D eigenvalue weighted by molar-refractivity contribution is -0.116. The van der Waals surface area contributed by atoms with Crippen molar-refractivity contribution in [3.05, 3.63) is 24.3 Å².